The summed E-state index contributed by atoms with van der Waals surface area (Å²) in [6.45, 7) is 8.11. The molecule has 5 nitrogen and oxygen atoms in total. The zero-order chi connectivity index (χ0) is 18.0. The van der Waals surface area contributed by atoms with E-state index in [2.05, 4.69) is 39.3 Å². The molecule has 3 aromatic rings. The van der Waals surface area contributed by atoms with Crippen LogP contribution in [0.1, 0.15) is 30.0 Å². The predicted octanol–water partition coefficient (Wildman–Crippen LogP) is 4.39. The Kier molecular flexibility index (Phi) is 5.08. The molecule has 130 valence electrons. The normalized spacial score (nSPS) is 12.3. The number of fused-ring (bicyclic) bond motifs is 1. The molecule has 1 amide bonds. The number of pyridine rings is 1. The number of aromatic nitrogens is 3. The van der Waals surface area contributed by atoms with Gasteiger partial charge >= 0.3 is 0 Å². The van der Waals surface area contributed by atoms with Crippen molar-refractivity contribution in [3.63, 3.8) is 0 Å². The molecular weight excluding hydrogens is 332 g/mol. The molecule has 6 heteroatoms. The first-order valence-electron chi connectivity index (χ1n) is 8.34. The smallest absolute Gasteiger partial charge is 0.237 e. The number of nitrogens with zero attached hydrogens (tertiary/aromatic N) is 2. The number of hydrogen-bond donors (Lipinski definition) is 2. The maximum absolute atomic E-state index is 12.8. The SMILES string of the molecule is CC[C@@H](Sc1nc2ncccc2[nH]1)C(=O)Nc1c(C)cc(C)cc1C. The number of amides is 1. The standard InChI is InChI=1S/C19H22N4OS/c1-5-15(25-19-21-14-7-6-8-20-17(14)23-19)18(24)22-16-12(3)9-11(2)10-13(16)4/h6-10,15H,5H2,1-4H3,(H,22,24)(H,20,21,23)/t15-/m1/s1. The van der Waals surface area contributed by atoms with Crippen LogP contribution in [0.25, 0.3) is 11.2 Å². The van der Waals surface area contributed by atoms with E-state index >= 15 is 0 Å². The second-order valence-electron chi connectivity index (χ2n) is 6.19. The van der Waals surface area contributed by atoms with Gasteiger partial charge in [0.2, 0.25) is 5.91 Å². The van der Waals surface area contributed by atoms with Gasteiger partial charge in [0, 0.05) is 11.9 Å². The highest BCUT2D eigenvalue weighted by Gasteiger charge is 2.21. The van der Waals surface area contributed by atoms with Crippen LogP contribution in [0.5, 0.6) is 0 Å². The molecule has 0 fully saturated rings. The highest BCUT2D eigenvalue weighted by Crippen LogP contribution is 2.27. The Balaban J connectivity index is 1.77. The summed E-state index contributed by atoms with van der Waals surface area (Å²) in [5.74, 6) is -0.00373. The number of carbonyl (C=O) groups excluding carboxylic acids is 1. The van der Waals surface area contributed by atoms with Crippen LogP contribution < -0.4 is 5.32 Å². The van der Waals surface area contributed by atoms with E-state index in [4.69, 9.17) is 0 Å². The van der Waals surface area contributed by atoms with Gasteiger partial charge in [-0.05, 0) is 50.5 Å². The Morgan fingerprint density at radius 1 is 1.28 bits per heavy atom. The van der Waals surface area contributed by atoms with E-state index in [0.717, 1.165) is 22.3 Å². The van der Waals surface area contributed by atoms with Gasteiger partial charge in [-0.25, -0.2) is 9.97 Å². The fraction of sp³-hybridized carbons (Fsp3) is 0.316. The molecule has 1 atom stereocenters. The Hall–Kier alpha value is -2.34. The number of imidazole rings is 1. The molecule has 1 aromatic carbocycles. The first-order chi connectivity index (χ1) is 12.0. The zero-order valence-electron chi connectivity index (χ0n) is 14.9. The van der Waals surface area contributed by atoms with E-state index in [1.54, 1.807) is 6.20 Å². The molecule has 0 unspecified atom stereocenters. The van der Waals surface area contributed by atoms with Crippen molar-refractivity contribution in [1.29, 1.82) is 0 Å². The Labute approximate surface area is 151 Å². The average Bonchev–Trinajstić information content (AvgIpc) is 2.98. The summed E-state index contributed by atoms with van der Waals surface area (Å²) >= 11 is 1.44. The summed E-state index contributed by atoms with van der Waals surface area (Å²) < 4.78 is 0. The molecule has 2 aromatic heterocycles. The lowest BCUT2D eigenvalue weighted by Crippen LogP contribution is -2.25. The number of anilines is 1. The molecule has 25 heavy (non-hydrogen) atoms. The molecule has 0 aliphatic heterocycles. The molecule has 3 rings (SSSR count). The van der Waals surface area contributed by atoms with Crippen molar-refractivity contribution in [2.45, 2.75) is 44.5 Å². The first kappa shape index (κ1) is 17.5. The quantitative estimate of drug-likeness (QED) is 0.667. The molecular formula is C19H22N4OS. The number of hydrogen-bond acceptors (Lipinski definition) is 4. The third-order valence-corrected chi connectivity index (χ3v) is 5.33. The summed E-state index contributed by atoms with van der Waals surface area (Å²) in [4.78, 5) is 24.7. The van der Waals surface area contributed by atoms with Crippen LogP contribution in [0.2, 0.25) is 0 Å². The number of aryl methyl sites for hydroxylation is 3. The van der Waals surface area contributed by atoms with E-state index in [0.29, 0.717) is 17.2 Å². The summed E-state index contributed by atoms with van der Waals surface area (Å²) in [5.41, 5.74) is 5.82. The third kappa shape index (κ3) is 3.85. The number of nitrogens with one attached hydrogen (secondary N) is 2. The Morgan fingerprint density at radius 3 is 2.64 bits per heavy atom. The van der Waals surface area contributed by atoms with E-state index in [1.807, 2.05) is 32.9 Å². The predicted molar refractivity (Wildman–Crippen MR) is 103 cm³/mol. The van der Waals surface area contributed by atoms with Crippen molar-refractivity contribution in [1.82, 2.24) is 15.0 Å². The van der Waals surface area contributed by atoms with E-state index < -0.39 is 0 Å². The number of carbonyl (C=O) groups is 1. The van der Waals surface area contributed by atoms with Crippen LogP contribution >= 0.6 is 11.8 Å². The number of aromatic amines is 1. The molecule has 0 radical (unpaired) electrons. The van der Waals surface area contributed by atoms with Crippen LogP contribution in [0.4, 0.5) is 5.69 Å². The van der Waals surface area contributed by atoms with Gasteiger partial charge < -0.3 is 10.3 Å². The maximum Gasteiger partial charge on any atom is 0.237 e. The molecule has 0 saturated heterocycles. The summed E-state index contributed by atoms with van der Waals surface area (Å²) in [7, 11) is 0. The monoisotopic (exact) mass is 354 g/mol. The van der Waals surface area contributed by atoms with Gasteiger partial charge in [0.15, 0.2) is 10.8 Å². The number of thioether (sulfide) groups is 1. The Morgan fingerprint density at radius 2 is 2.00 bits per heavy atom. The first-order valence-corrected chi connectivity index (χ1v) is 9.22. The average molecular weight is 354 g/mol. The molecule has 2 heterocycles. The fourth-order valence-corrected chi connectivity index (χ4v) is 3.83. The Bertz CT molecular complexity index is 863. The molecule has 0 aliphatic rings. The summed E-state index contributed by atoms with van der Waals surface area (Å²) in [6.07, 6.45) is 2.43. The number of H-pyrrole nitrogens is 1. The molecule has 0 spiro atoms. The van der Waals surface area contributed by atoms with Crippen LogP contribution in [-0.2, 0) is 4.79 Å². The minimum Gasteiger partial charge on any atom is -0.332 e. The largest absolute Gasteiger partial charge is 0.332 e. The second kappa shape index (κ2) is 7.27. The van der Waals surface area contributed by atoms with Crippen molar-refractivity contribution in [2.75, 3.05) is 5.32 Å². The van der Waals surface area contributed by atoms with Gasteiger partial charge in [-0.15, -0.1) is 0 Å². The van der Waals surface area contributed by atoms with Crippen molar-refractivity contribution in [3.05, 3.63) is 47.2 Å². The summed E-state index contributed by atoms with van der Waals surface area (Å²) in [6, 6.07) is 7.96. The zero-order valence-corrected chi connectivity index (χ0v) is 15.7. The van der Waals surface area contributed by atoms with Crippen molar-refractivity contribution in [3.8, 4) is 0 Å². The lowest BCUT2D eigenvalue weighted by Gasteiger charge is -2.17. The molecule has 0 bridgehead atoms. The van der Waals surface area contributed by atoms with E-state index in [1.165, 1.54) is 17.3 Å². The highest BCUT2D eigenvalue weighted by molar-refractivity contribution is 8.00. The second-order valence-corrected chi connectivity index (χ2v) is 7.39. The minimum absolute atomic E-state index is 0.00373. The van der Waals surface area contributed by atoms with Gasteiger partial charge in [-0.1, -0.05) is 36.4 Å². The number of benzene rings is 1. The topological polar surface area (TPSA) is 70.7 Å². The maximum atomic E-state index is 12.8. The van der Waals surface area contributed by atoms with Gasteiger partial charge in [-0.2, -0.15) is 0 Å². The van der Waals surface area contributed by atoms with Crippen molar-refractivity contribution in [2.24, 2.45) is 0 Å². The minimum atomic E-state index is -0.222. The van der Waals surface area contributed by atoms with Gasteiger partial charge in [-0.3, -0.25) is 4.79 Å². The lowest BCUT2D eigenvalue weighted by atomic mass is 10.0. The fourth-order valence-electron chi connectivity index (χ4n) is 2.92. The van der Waals surface area contributed by atoms with Crippen LogP contribution in [-0.4, -0.2) is 26.1 Å². The van der Waals surface area contributed by atoms with Crippen molar-refractivity contribution >= 4 is 34.5 Å². The van der Waals surface area contributed by atoms with Gasteiger partial charge in [0.05, 0.1) is 10.8 Å². The molecule has 0 aliphatic carbocycles. The number of rotatable bonds is 5. The highest BCUT2D eigenvalue weighted by atomic mass is 32.2. The van der Waals surface area contributed by atoms with Gasteiger partial charge in [0.25, 0.3) is 0 Å². The molecule has 2 N–H and O–H groups in total. The van der Waals surface area contributed by atoms with Crippen LogP contribution in [0, 0.1) is 20.8 Å². The van der Waals surface area contributed by atoms with E-state index in [9.17, 15) is 4.79 Å². The van der Waals surface area contributed by atoms with Crippen LogP contribution in [0.15, 0.2) is 35.6 Å². The van der Waals surface area contributed by atoms with Crippen molar-refractivity contribution < 1.29 is 4.79 Å². The summed E-state index contributed by atoms with van der Waals surface area (Å²) in [5, 5.41) is 3.59. The van der Waals surface area contributed by atoms with E-state index in [-0.39, 0.29) is 11.2 Å². The third-order valence-electron chi connectivity index (χ3n) is 4.08. The van der Waals surface area contributed by atoms with Gasteiger partial charge in [0.1, 0.15) is 0 Å². The molecule has 0 saturated carbocycles. The van der Waals surface area contributed by atoms with Crippen LogP contribution in [0.3, 0.4) is 0 Å². The lowest BCUT2D eigenvalue weighted by molar-refractivity contribution is -0.115.